The Morgan fingerprint density at radius 1 is 1.10 bits per heavy atom. The molecule has 1 N–H and O–H groups in total. The fourth-order valence-electron chi connectivity index (χ4n) is 2.93. The van der Waals surface area contributed by atoms with Crippen molar-refractivity contribution in [2.75, 3.05) is 20.8 Å². The summed E-state index contributed by atoms with van der Waals surface area (Å²) in [6.45, 7) is 6.45. The zero-order chi connectivity index (χ0) is 22.4. The standard InChI is InChI=1S/C23H27N3O4S/c1-6-30-18-8-7-16(21(27)12-18)13-24-26-20(14-31-23(26)25-15(2)3)19-11-17(28-4)9-10-22(19)29-5/h7-15,27H,6H2,1-5H3. The zero-order valence-corrected chi connectivity index (χ0v) is 19.1. The predicted octanol–water partition coefficient (Wildman–Crippen LogP) is 4.53. The molecule has 0 radical (unpaired) electrons. The molecule has 0 bridgehead atoms. The Morgan fingerprint density at radius 2 is 1.87 bits per heavy atom. The van der Waals surface area contributed by atoms with Crippen molar-refractivity contribution in [3.8, 4) is 34.3 Å². The Morgan fingerprint density at radius 3 is 2.52 bits per heavy atom. The molecule has 0 unspecified atom stereocenters. The Hall–Kier alpha value is -3.26. The van der Waals surface area contributed by atoms with Crippen molar-refractivity contribution >= 4 is 17.6 Å². The first-order chi connectivity index (χ1) is 15.0. The van der Waals surface area contributed by atoms with Gasteiger partial charge < -0.3 is 19.3 Å². The van der Waals surface area contributed by atoms with Crippen molar-refractivity contribution in [1.82, 2.24) is 4.68 Å². The summed E-state index contributed by atoms with van der Waals surface area (Å²) in [6, 6.07) is 10.8. The van der Waals surface area contributed by atoms with Gasteiger partial charge in [-0.3, -0.25) is 4.99 Å². The molecule has 0 spiro atoms. The van der Waals surface area contributed by atoms with E-state index in [1.807, 2.05) is 44.4 Å². The van der Waals surface area contributed by atoms with E-state index in [9.17, 15) is 5.11 Å². The number of rotatable bonds is 8. The largest absolute Gasteiger partial charge is 0.507 e. The van der Waals surface area contributed by atoms with Gasteiger partial charge in [-0.1, -0.05) is 0 Å². The first-order valence-electron chi connectivity index (χ1n) is 9.93. The lowest BCUT2D eigenvalue weighted by molar-refractivity contribution is 0.337. The molecule has 0 aliphatic rings. The van der Waals surface area contributed by atoms with Crippen LogP contribution in [0.5, 0.6) is 23.0 Å². The average Bonchev–Trinajstić information content (AvgIpc) is 3.14. The van der Waals surface area contributed by atoms with Gasteiger partial charge in [0, 0.05) is 28.6 Å². The number of aromatic hydroxyl groups is 1. The van der Waals surface area contributed by atoms with Crippen molar-refractivity contribution in [1.29, 1.82) is 0 Å². The van der Waals surface area contributed by atoms with Crippen LogP contribution in [0.1, 0.15) is 26.3 Å². The summed E-state index contributed by atoms with van der Waals surface area (Å²) in [5.74, 6) is 2.11. The molecule has 0 amide bonds. The number of benzene rings is 2. The summed E-state index contributed by atoms with van der Waals surface area (Å²) in [4.78, 5) is 5.42. The molecule has 0 atom stereocenters. The van der Waals surface area contributed by atoms with Crippen LogP contribution in [0.4, 0.5) is 0 Å². The monoisotopic (exact) mass is 441 g/mol. The minimum Gasteiger partial charge on any atom is -0.507 e. The first kappa shape index (κ1) is 22.4. The van der Waals surface area contributed by atoms with Crippen LogP contribution in [-0.4, -0.2) is 42.9 Å². The van der Waals surface area contributed by atoms with Gasteiger partial charge in [0.15, 0.2) is 0 Å². The van der Waals surface area contributed by atoms with E-state index in [0.29, 0.717) is 29.4 Å². The van der Waals surface area contributed by atoms with E-state index in [1.165, 1.54) is 11.3 Å². The minimum absolute atomic E-state index is 0.0911. The maximum Gasteiger partial charge on any atom is 0.206 e. The normalized spacial score (nSPS) is 12.0. The van der Waals surface area contributed by atoms with Gasteiger partial charge in [0.1, 0.15) is 23.0 Å². The van der Waals surface area contributed by atoms with Gasteiger partial charge >= 0.3 is 0 Å². The Balaban J connectivity index is 2.12. The molecule has 3 aromatic rings. The molecule has 0 aliphatic carbocycles. The summed E-state index contributed by atoms with van der Waals surface area (Å²) in [5, 5.41) is 17.0. The lowest BCUT2D eigenvalue weighted by Gasteiger charge is -2.11. The fraction of sp³-hybridized carbons (Fsp3) is 0.304. The van der Waals surface area contributed by atoms with Crippen LogP contribution >= 0.6 is 11.3 Å². The number of methoxy groups -OCH3 is 2. The third kappa shape index (κ3) is 5.27. The van der Waals surface area contributed by atoms with Gasteiger partial charge in [0.05, 0.1) is 32.7 Å². The van der Waals surface area contributed by atoms with E-state index < -0.39 is 0 Å². The number of phenolic OH excluding ortho intramolecular Hbond substituents is 1. The quantitative estimate of drug-likeness (QED) is 0.521. The lowest BCUT2D eigenvalue weighted by Crippen LogP contribution is -2.14. The summed E-state index contributed by atoms with van der Waals surface area (Å²) in [5.41, 5.74) is 2.21. The molecule has 0 saturated carbocycles. The summed E-state index contributed by atoms with van der Waals surface area (Å²) in [6.07, 6.45) is 1.60. The van der Waals surface area contributed by atoms with Crippen molar-refractivity contribution < 1.29 is 19.3 Å². The second-order valence-electron chi connectivity index (χ2n) is 6.90. The van der Waals surface area contributed by atoms with Crippen LogP contribution in [0.3, 0.4) is 0 Å². The molecular formula is C23H27N3O4S. The number of thiazole rings is 1. The molecular weight excluding hydrogens is 414 g/mol. The molecule has 1 heterocycles. The summed E-state index contributed by atoms with van der Waals surface area (Å²) >= 11 is 1.48. The van der Waals surface area contributed by atoms with Crippen LogP contribution < -0.4 is 19.0 Å². The maximum absolute atomic E-state index is 10.4. The summed E-state index contributed by atoms with van der Waals surface area (Å²) < 4.78 is 18.1. The number of aromatic nitrogens is 1. The van der Waals surface area contributed by atoms with Crippen LogP contribution in [0.15, 0.2) is 51.9 Å². The second kappa shape index (κ2) is 10.2. The number of nitrogens with zero attached hydrogens (tertiary/aromatic N) is 3. The Bertz CT molecular complexity index is 1130. The topological polar surface area (TPSA) is 77.6 Å². The highest BCUT2D eigenvalue weighted by Crippen LogP contribution is 2.34. The fourth-order valence-corrected chi connectivity index (χ4v) is 3.89. The molecule has 7 nitrogen and oxygen atoms in total. The second-order valence-corrected chi connectivity index (χ2v) is 7.74. The highest BCUT2D eigenvalue weighted by molar-refractivity contribution is 7.07. The molecule has 1 aromatic heterocycles. The average molecular weight is 442 g/mol. The van der Waals surface area contributed by atoms with Crippen molar-refractivity contribution in [3.05, 3.63) is 52.1 Å². The highest BCUT2D eigenvalue weighted by Gasteiger charge is 2.14. The van der Waals surface area contributed by atoms with Crippen molar-refractivity contribution in [2.45, 2.75) is 26.8 Å². The minimum atomic E-state index is 0.0911. The Kier molecular flexibility index (Phi) is 7.36. The van der Waals surface area contributed by atoms with E-state index in [1.54, 1.807) is 43.3 Å². The molecule has 3 rings (SSSR count). The van der Waals surface area contributed by atoms with E-state index in [0.717, 1.165) is 16.1 Å². The summed E-state index contributed by atoms with van der Waals surface area (Å²) in [7, 11) is 3.25. The third-order valence-electron chi connectivity index (χ3n) is 4.36. The van der Waals surface area contributed by atoms with E-state index >= 15 is 0 Å². The maximum atomic E-state index is 10.4. The van der Waals surface area contributed by atoms with Gasteiger partial charge in [-0.25, -0.2) is 4.68 Å². The van der Waals surface area contributed by atoms with Gasteiger partial charge in [-0.2, -0.15) is 5.10 Å². The Labute approximate surface area is 185 Å². The molecule has 31 heavy (non-hydrogen) atoms. The predicted molar refractivity (Wildman–Crippen MR) is 124 cm³/mol. The first-order valence-corrected chi connectivity index (χ1v) is 10.8. The molecule has 0 saturated heterocycles. The zero-order valence-electron chi connectivity index (χ0n) is 18.3. The van der Waals surface area contributed by atoms with Crippen LogP contribution in [-0.2, 0) is 0 Å². The number of ether oxygens (including phenoxy) is 3. The van der Waals surface area contributed by atoms with E-state index in [2.05, 4.69) is 10.1 Å². The third-order valence-corrected chi connectivity index (χ3v) is 5.19. The molecule has 0 fully saturated rings. The number of phenols is 1. The van der Waals surface area contributed by atoms with Gasteiger partial charge in [-0.15, -0.1) is 11.3 Å². The lowest BCUT2D eigenvalue weighted by atomic mass is 10.1. The van der Waals surface area contributed by atoms with Crippen molar-refractivity contribution in [3.63, 3.8) is 0 Å². The van der Waals surface area contributed by atoms with Gasteiger partial charge in [-0.05, 0) is 51.1 Å². The smallest absolute Gasteiger partial charge is 0.206 e. The van der Waals surface area contributed by atoms with Crippen molar-refractivity contribution in [2.24, 2.45) is 10.1 Å². The van der Waals surface area contributed by atoms with Gasteiger partial charge in [0.25, 0.3) is 0 Å². The molecule has 0 aliphatic heterocycles. The number of hydrogen-bond donors (Lipinski definition) is 1. The van der Waals surface area contributed by atoms with Gasteiger partial charge in [0.2, 0.25) is 4.80 Å². The molecule has 8 heteroatoms. The molecule has 2 aromatic carbocycles. The van der Waals surface area contributed by atoms with Crippen LogP contribution in [0.2, 0.25) is 0 Å². The van der Waals surface area contributed by atoms with Crippen LogP contribution in [0.25, 0.3) is 11.3 Å². The van der Waals surface area contributed by atoms with Crippen LogP contribution in [0, 0.1) is 0 Å². The molecule has 164 valence electrons. The van der Waals surface area contributed by atoms with E-state index in [-0.39, 0.29) is 11.8 Å². The SMILES string of the molecule is CCOc1ccc(C=Nn2c(-c3cc(OC)ccc3OC)csc2=NC(C)C)c(O)c1. The van der Waals surface area contributed by atoms with E-state index in [4.69, 9.17) is 14.2 Å². The number of hydrogen-bond acceptors (Lipinski definition) is 7. The highest BCUT2D eigenvalue weighted by atomic mass is 32.1.